The summed E-state index contributed by atoms with van der Waals surface area (Å²) in [5.41, 5.74) is 2.46. The van der Waals surface area contributed by atoms with Crippen LogP contribution in [0.25, 0.3) is 11.1 Å². The molecule has 2 aliphatic heterocycles. The summed E-state index contributed by atoms with van der Waals surface area (Å²) in [6.45, 7) is 3.28. The van der Waals surface area contributed by atoms with Crippen molar-refractivity contribution in [3.05, 3.63) is 48.0 Å². The summed E-state index contributed by atoms with van der Waals surface area (Å²) >= 11 is 0. The molecule has 0 saturated carbocycles. The highest BCUT2D eigenvalue weighted by Gasteiger charge is 2.34. The minimum Gasteiger partial charge on any atom is -0.454 e. The van der Waals surface area contributed by atoms with Crippen LogP contribution in [0.2, 0.25) is 0 Å². The summed E-state index contributed by atoms with van der Waals surface area (Å²) in [4.78, 5) is 14.7. The van der Waals surface area contributed by atoms with Crippen molar-refractivity contribution in [2.45, 2.75) is 19.1 Å². The van der Waals surface area contributed by atoms with E-state index in [0.717, 1.165) is 16.9 Å². The molecule has 0 bridgehead atoms. The van der Waals surface area contributed by atoms with Crippen LogP contribution in [0, 0.1) is 0 Å². The van der Waals surface area contributed by atoms with Crippen LogP contribution < -0.4 is 9.47 Å². The Bertz CT molecular complexity index is 822. The summed E-state index contributed by atoms with van der Waals surface area (Å²) in [7, 11) is 0. The molecule has 1 fully saturated rings. The number of hydrogen-bond donors (Lipinski definition) is 1. The van der Waals surface area contributed by atoms with Crippen molar-refractivity contribution >= 4 is 5.91 Å². The number of carbonyl (C=O) groups is 1. The van der Waals surface area contributed by atoms with Gasteiger partial charge in [0.2, 0.25) is 6.79 Å². The normalized spacial score (nSPS) is 21.0. The largest absolute Gasteiger partial charge is 0.454 e. The second-order valence-corrected chi connectivity index (χ2v) is 6.41. The Balaban J connectivity index is 1.61. The summed E-state index contributed by atoms with van der Waals surface area (Å²) in [6.07, 6.45) is -0.643. The van der Waals surface area contributed by atoms with Crippen molar-refractivity contribution < 1.29 is 24.1 Å². The maximum absolute atomic E-state index is 13.0. The average molecular weight is 355 g/mol. The van der Waals surface area contributed by atoms with Crippen LogP contribution in [0.5, 0.6) is 11.5 Å². The quantitative estimate of drug-likeness (QED) is 0.912. The lowest BCUT2D eigenvalue weighted by Crippen LogP contribution is -2.46. The van der Waals surface area contributed by atoms with Crippen LogP contribution in [0.4, 0.5) is 0 Å². The summed E-state index contributed by atoms with van der Waals surface area (Å²) in [5.74, 6) is 1.33. The van der Waals surface area contributed by atoms with Crippen LogP contribution in [-0.4, -0.2) is 54.6 Å². The minimum absolute atomic E-state index is 0.107. The Morgan fingerprint density at radius 3 is 2.69 bits per heavy atom. The van der Waals surface area contributed by atoms with Crippen LogP contribution >= 0.6 is 0 Å². The molecule has 4 rings (SSSR count). The van der Waals surface area contributed by atoms with E-state index in [1.165, 1.54) is 0 Å². The van der Waals surface area contributed by atoms with E-state index in [0.29, 0.717) is 24.5 Å². The molecule has 2 aromatic rings. The maximum atomic E-state index is 13.0. The van der Waals surface area contributed by atoms with Gasteiger partial charge in [0.15, 0.2) is 11.5 Å². The van der Waals surface area contributed by atoms with Gasteiger partial charge in [-0.3, -0.25) is 4.79 Å². The molecule has 6 heteroatoms. The van der Waals surface area contributed by atoms with Crippen molar-refractivity contribution in [2.24, 2.45) is 0 Å². The predicted molar refractivity (Wildman–Crippen MR) is 95.3 cm³/mol. The number of aliphatic hydroxyl groups excluding tert-OH is 1. The summed E-state index contributed by atoms with van der Waals surface area (Å²) < 4.78 is 16.1. The van der Waals surface area contributed by atoms with E-state index in [9.17, 15) is 9.90 Å². The molecule has 2 aliphatic rings. The summed E-state index contributed by atoms with van der Waals surface area (Å²) in [5, 5.41) is 10.1. The molecule has 0 aliphatic carbocycles. The van der Waals surface area contributed by atoms with Gasteiger partial charge in [-0.25, -0.2) is 0 Å². The lowest BCUT2D eigenvalue weighted by atomic mass is 10.0. The van der Waals surface area contributed by atoms with E-state index >= 15 is 0 Å². The van der Waals surface area contributed by atoms with Crippen molar-refractivity contribution in [3.63, 3.8) is 0 Å². The Morgan fingerprint density at radius 2 is 1.92 bits per heavy atom. The standard InChI is InChI=1S/C20H21NO5/c1-2-21(16-10-24-11-17(16)22)20(23)15-5-3-4-13(8-15)14-6-7-18-19(9-14)26-12-25-18/h3-9,16-17,22H,2,10-12H2,1H3. The van der Waals surface area contributed by atoms with Crippen LogP contribution in [0.1, 0.15) is 17.3 Å². The monoisotopic (exact) mass is 355 g/mol. The average Bonchev–Trinajstić information content (AvgIpc) is 3.31. The number of fused-ring (bicyclic) bond motifs is 1. The molecule has 2 atom stereocenters. The summed E-state index contributed by atoms with van der Waals surface area (Å²) in [6, 6.07) is 12.9. The molecule has 2 heterocycles. The van der Waals surface area contributed by atoms with E-state index in [2.05, 4.69) is 0 Å². The second-order valence-electron chi connectivity index (χ2n) is 6.41. The fourth-order valence-corrected chi connectivity index (χ4v) is 3.43. The molecule has 0 spiro atoms. The number of rotatable bonds is 4. The van der Waals surface area contributed by atoms with E-state index in [4.69, 9.17) is 14.2 Å². The first-order chi connectivity index (χ1) is 12.7. The SMILES string of the molecule is CCN(C(=O)c1cccc(-c2ccc3c(c2)OCO3)c1)C1COCC1O. The van der Waals surface area contributed by atoms with Crippen LogP contribution in [0.15, 0.2) is 42.5 Å². The van der Waals surface area contributed by atoms with Crippen LogP contribution in [0.3, 0.4) is 0 Å². The van der Waals surface area contributed by atoms with Gasteiger partial charge in [0, 0.05) is 12.1 Å². The number of nitrogens with zero attached hydrogens (tertiary/aromatic N) is 1. The van der Waals surface area contributed by atoms with Crippen molar-refractivity contribution in [1.29, 1.82) is 0 Å². The van der Waals surface area contributed by atoms with Crippen molar-refractivity contribution in [3.8, 4) is 22.6 Å². The molecule has 26 heavy (non-hydrogen) atoms. The first kappa shape index (κ1) is 16.9. The maximum Gasteiger partial charge on any atom is 0.254 e. The zero-order valence-corrected chi connectivity index (χ0v) is 14.6. The third-order valence-electron chi connectivity index (χ3n) is 4.84. The number of carbonyl (C=O) groups excluding carboxylic acids is 1. The van der Waals surface area contributed by atoms with Crippen molar-refractivity contribution in [1.82, 2.24) is 4.90 Å². The molecule has 1 saturated heterocycles. The van der Waals surface area contributed by atoms with Gasteiger partial charge in [0.25, 0.3) is 5.91 Å². The van der Waals surface area contributed by atoms with Gasteiger partial charge < -0.3 is 24.2 Å². The van der Waals surface area contributed by atoms with Gasteiger partial charge >= 0.3 is 0 Å². The molecule has 2 unspecified atom stereocenters. The number of hydrogen-bond acceptors (Lipinski definition) is 5. The third kappa shape index (κ3) is 3.02. The van der Waals surface area contributed by atoms with Gasteiger partial charge in [0.1, 0.15) is 0 Å². The lowest BCUT2D eigenvalue weighted by molar-refractivity contribution is 0.0520. The molecule has 2 aromatic carbocycles. The molecule has 136 valence electrons. The molecular weight excluding hydrogens is 334 g/mol. The topological polar surface area (TPSA) is 68.2 Å². The van der Waals surface area contributed by atoms with Gasteiger partial charge in [0.05, 0.1) is 25.4 Å². The molecule has 6 nitrogen and oxygen atoms in total. The number of amides is 1. The smallest absolute Gasteiger partial charge is 0.254 e. The molecule has 0 aromatic heterocycles. The molecule has 0 radical (unpaired) electrons. The van der Waals surface area contributed by atoms with Gasteiger partial charge in [-0.2, -0.15) is 0 Å². The zero-order chi connectivity index (χ0) is 18.1. The highest BCUT2D eigenvalue weighted by molar-refractivity contribution is 5.95. The van der Waals surface area contributed by atoms with E-state index in [1.54, 1.807) is 11.0 Å². The number of aliphatic hydroxyl groups is 1. The number of benzene rings is 2. The molecule has 1 N–H and O–H groups in total. The van der Waals surface area contributed by atoms with Crippen LogP contribution in [-0.2, 0) is 4.74 Å². The van der Waals surface area contributed by atoms with E-state index < -0.39 is 6.10 Å². The third-order valence-corrected chi connectivity index (χ3v) is 4.84. The molecular formula is C20H21NO5. The second kappa shape index (κ2) is 6.97. The number of likely N-dealkylation sites (N-methyl/N-ethyl adjacent to an activating group) is 1. The fourth-order valence-electron chi connectivity index (χ4n) is 3.43. The predicted octanol–water partition coefficient (Wildman–Crippen LogP) is 2.30. The Labute approximate surface area is 151 Å². The Hall–Kier alpha value is -2.57. The Kier molecular flexibility index (Phi) is 4.53. The highest BCUT2D eigenvalue weighted by Crippen LogP contribution is 2.36. The van der Waals surface area contributed by atoms with E-state index in [1.807, 2.05) is 43.3 Å². The first-order valence-corrected chi connectivity index (χ1v) is 8.74. The lowest BCUT2D eigenvalue weighted by Gasteiger charge is -2.29. The first-order valence-electron chi connectivity index (χ1n) is 8.74. The number of ether oxygens (including phenoxy) is 3. The highest BCUT2D eigenvalue weighted by atomic mass is 16.7. The van der Waals surface area contributed by atoms with Crippen molar-refractivity contribution in [2.75, 3.05) is 26.6 Å². The van der Waals surface area contributed by atoms with E-state index in [-0.39, 0.29) is 25.3 Å². The minimum atomic E-state index is -0.643. The van der Waals surface area contributed by atoms with Gasteiger partial charge in [-0.05, 0) is 42.3 Å². The zero-order valence-electron chi connectivity index (χ0n) is 14.6. The van der Waals surface area contributed by atoms with Gasteiger partial charge in [-0.1, -0.05) is 18.2 Å². The molecule has 1 amide bonds. The Morgan fingerprint density at radius 1 is 1.12 bits per heavy atom. The van der Waals surface area contributed by atoms with Gasteiger partial charge in [-0.15, -0.1) is 0 Å². The fraction of sp³-hybridized carbons (Fsp3) is 0.350.